The van der Waals surface area contributed by atoms with Crippen molar-refractivity contribution < 1.29 is 14.2 Å². The normalized spacial score (nSPS) is 10.1. The van der Waals surface area contributed by atoms with E-state index in [0.717, 1.165) is 11.3 Å². The Hall–Kier alpha value is -2.30. The molecule has 1 aromatic heterocycles. The molecule has 5 nitrogen and oxygen atoms in total. The highest BCUT2D eigenvalue weighted by Crippen LogP contribution is 2.40. The standard InChI is InChI=1S/C14H16N2O3/c1-9-15-6-5-11(16-9)14-12(18-3)7-10(17-2)8-13(14)19-4/h5-8H,1-4H3. The first kappa shape index (κ1) is 13.1. The summed E-state index contributed by atoms with van der Waals surface area (Å²) in [5.41, 5.74) is 1.54. The van der Waals surface area contributed by atoms with Crippen molar-refractivity contribution in [2.45, 2.75) is 6.92 Å². The fourth-order valence-corrected chi connectivity index (χ4v) is 1.85. The molecule has 5 heteroatoms. The minimum Gasteiger partial charge on any atom is -0.496 e. The van der Waals surface area contributed by atoms with E-state index in [0.29, 0.717) is 23.1 Å². The molecule has 100 valence electrons. The number of rotatable bonds is 4. The van der Waals surface area contributed by atoms with Crippen molar-refractivity contribution in [1.82, 2.24) is 9.97 Å². The molecule has 0 saturated heterocycles. The van der Waals surface area contributed by atoms with Crippen LogP contribution < -0.4 is 14.2 Å². The van der Waals surface area contributed by atoms with Gasteiger partial charge in [-0.15, -0.1) is 0 Å². The van der Waals surface area contributed by atoms with Gasteiger partial charge in [0.05, 0.1) is 32.6 Å². The molecule has 0 unspecified atom stereocenters. The van der Waals surface area contributed by atoms with Crippen molar-refractivity contribution in [2.24, 2.45) is 0 Å². The number of ether oxygens (including phenoxy) is 3. The van der Waals surface area contributed by atoms with Crippen LogP contribution in [-0.4, -0.2) is 31.3 Å². The van der Waals surface area contributed by atoms with Crippen LogP contribution >= 0.6 is 0 Å². The monoisotopic (exact) mass is 260 g/mol. The minimum absolute atomic E-state index is 0.648. The minimum atomic E-state index is 0.648. The van der Waals surface area contributed by atoms with Crippen LogP contribution in [0.2, 0.25) is 0 Å². The smallest absolute Gasteiger partial charge is 0.135 e. The van der Waals surface area contributed by atoms with Crippen LogP contribution in [0, 0.1) is 6.92 Å². The zero-order valence-electron chi connectivity index (χ0n) is 11.4. The van der Waals surface area contributed by atoms with E-state index in [2.05, 4.69) is 9.97 Å². The third-order valence-electron chi connectivity index (χ3n) is 2.75. The van der Waals surface area contributed by atoms with Gasteiger partial charge in [-0.2, -0.15) is 0 Å². The summed E-state index contributed by atoms with van der Waals surface area (Å²) in [6.45, 7) is 1.84. The van der Waals surface area contributed by atoms with E-state index in [1.54, 1.807) is 39.7 Å². The maximum absolute atomic E-state index is 5.40. The van der Waals surface area contributed by atoms with Gasteiger partial charge in [0.25, 0.3) is 0 Å². The van der Waals surface area contributed by atoms with Crippen LogP contribution in [0.25, 0.3) is 11.3 Å². The number of benzene rings is 1. The summed E-state index contributed by atoms with van der Waals surface area (Å²) in [7, 11) is 4.81. The highest BCUT2D eigenvalue weighted by atomic mass is 16.5. The van der Waals surface area contributed by atoms with Gasteiger partial charge in [0, 0.05) is 18.3 Å². The molecular weight excluding hydrogens is 244 g/mol. The molecule has 0 bridgehead atoms. The number of hydrogen-bond donors (Lipinski definition) is 0. The van der Waals surface area contributed by atoms with E-state index in [1.807, 2.05) is 13.0 Å². The molecule has 2 rings (SSSR count). The Morgan fingerprint density at radius 1 is 0.947 bits per heavy atom. The van der Waals surface area contributed by atoms with Crippen molar-refractivity contribution in [3.8, 4) is 28.5 Å². The van der Waals surface area contributed by atoms with Crippen LogP contribution in [0.15, 0.2) is 24.4 Å². The molecule has 0 amide bonds. The van der Waals surface area contributed by atoms with Crippen molar-refractivity contribution in [3.05, 3.63) is 30.2 Å². The summed E-state index contributed by atoms with van der Waals surface area (Å²) in [6, 6.07) is 5.42. The largest absolute Gasteiger partial charge is 0.496 e. The van der Waals surface area contributed by atoms with E-state index in [9.17, 15) is 0 Å². The second-order valence-corrected chi connectivity index (χ2v) is 3.90. The zero-order valence-corrected chi connectivity index (χ0v) is 11.4. The van der Waals surface area contributed by atoms with Crippen LogP contribution in [-0.2, 0) is 0 Å². The van der Waals surface area contributed by atoms with Crippen molar-refractivity contribution in [2.75, 3.05) is 21.3 Å². The van der Waals surface area contributed by atoms with Gasteiger partial charge in [-0.05, 0) is 13.0 Å². The molecule has 0 aliphatic heterocycles. The number of aryl methyl sites for hydroxylation is 1. The number of nitrogens with zero attached hydrogens (tertiary/aromatic N) is 2. The predicted octanol–water partition coefficient (Wildman–Crippen LogP) is 2.48. The van der Waals surface area contributed by atoms with E-state index in [-0.39, 0.29) is 0 Å². The van der Waals surface area contributed by atoms with Gasteiger partial charge in [-0.1, -0.05) is 0 Å². The van der Waals surface area contributed by atoms with Crippen LogP contribution in [0.1, 0.15) is 5.82 Å². The summed E-state index contributed by atoms with van der Waals surface area (Å²) >= 11 is 0. The third-order valence-corrected chi connectivity index (χ3v) is 2.75. The molecule has 0 spiro atoms. The quantitative estimate of drug-likeness (QED) is 0.845. The second kappa shape index (κ2) is 5.56. The molecule has 0 aliphatic carbocycles. The highest BCUT2D eigenvalue weighted by molar-refractivity contribution is 5.75. The summed E-state index contributed by atoms with van der Waals surface area (Å²) in [4.78, 5) is 8.50. The fourth-order valence-electron chi connectivity index (χ4n) is 1.85. The van der Waals surface area contributed by atoms with Gasteiger partial charge in [-0.25, -0.2) is 9.97 Å². The molecule has 0 fully saturated rings. The first-order valence-corrected chi connectivity index (χ1v) is 5.79. The lowest BCUT2D eigenvalue weighted by Crippen LogP contribution is -1.98. The Bertz CT molecular complexity index is 560. The Morgan fingerprint density at radius 2 is 1.58 bits per heavy atom. The molecule has 0 aliphatic rings. The van der Waals surface area contributed by atoms with Crippen LogP contribution in [0.4, 0.5) is 0 Å². The maximum Gasteiger partial charge on any atom is 0.135 e. The molecule has 1 aromatic carbocycles. The van der Waals surface area contributed by atoms with Gasteiger partial charge < -0.3 is 14.2 Å². The summed E-state index contributed by atoms with van der Waals surface area (Å²) in [5, 5.41) is 0. The van der Waals surface area contributed by atoms with Crippen molar-refractivity contribution in [1.29, 1.82) is 0 Å². The summed E-state index contributed by atoms with van der Waals surface area (Å²) < 4.78 is 16.0. The summed E-state index contributed by atoms with van der Waals surface area (Å²) in [5.74, 6) is 2.66. The lowest BCUT2D eigenvalue weighted by atomic mass is 10.1. The average molecular weight is 260 g/mol. The molecule has 1 heterocycles. The summed E-state index contributed by atoms with van der Waals surface area (Å²) in [6.07, 6.45) is 1.71. The van der Waals surface area contributed by atoms with E-state index in [4.69, 9.17) is 14.2 Å². The Balaban J connectivity index is 2.66. The Morgan fingerprint density at radius 3 is 2.05 bits per heavy atom. The van der Waals surface area contributed by atoms with Gasteiger partial charge in [0.1, 0.15) is 23.1 Å². The van der Waals surface area contributed by atoms with Crippen LogP contribution in [0.3, 0.4) is 0 Å². The van der Waals surface area contributed by atoms with Gasteiger partial charge in [-0.3, -0.25) is 0 Å². The maximum atomic E-state index is 5.40. The van der Waals surface area contributed by atoms with Gasteiger partial charge in [0.2, 0.25) is 0 Å². The molecule has 19 heavy (non-hydrogen) atoms. The van der Waals surface area contributed by atoms with E-state index < -0.39 is 0 Å². The number of hydrogen-bond acceptors (Lipinski definition) is 5. The second-order valence-electron chi connectivity index (χ2n) is 3.90. The van der Waals surface area contributed by atoms with E-state index >= 15 is 0 Å². The first-order valence-electron chi connectivity index (χ1n) is 5.79. The van der Waals surface area contributed by atoms with E-state index in [1.165, 1.54) is 0 Å². The molecule has 2 aromatic rings. The van der Waals surface area contributed by atoms with Crippen LogP contribution in [0.5, 0.6) is 17.2 Å². The predicted molar refractivity (Wildman–Crippen MR) is 71.9 cm³/mol. The Labute approximate surface area is 112 Å². The highest BCUT2D eigenvalue weighted by Gasteiger charge is 2.16. The topological polar surface area (TPSA) is 53.5 Å². The zero-order chi connectivity index (χ0) is 13.8. The van der Waals surface area contributed by atoms with Gasteiger partial charge >= 0.3 is 0 Å². The molecule has 0 radical (unpaired) electrons. The lowest BCUT2D eigenvalue weighted by molar-refractivity contribution is 0.377. The molecule has 0 N–H and O–H groups in total. The average Bonchev–Trinajstić information content (AvgIpc) is 2.45. The molecule has 0 atom stereocenters. The number of methoxy groups -OCH3 is 3. The Kier molecular flexibility index (Phi) is 3.85. The van der Waals surface area contributed by atoms with Crippen molar-refractivity contribution >= 4 is 0 Å². The SMILES string of the molecule is COc1cc(OC)c(-c2ccnc(C)n2)c(OC)c1. The van der Waals surface area contributed by atoms with Gasteiger partial charge in [0.15, 0.2) is 0 Å². The lowest BCUT2D eigenvalue weighted by Gasteiger charge is -2.14. The molecular formula is C14H16N2O3. The first-order chi connectivity index (χ1) is 9.19. The third kappa shape index (κ3) is 2.59. The van der Waals surface area contributed by atoms with Crippen molar-refractivity contribution in [3.63, 3.8) is 0 Å². The fraction of sp³-hybridized carbons (Fsp3) is 0.286. The number of aromatic nitrogens is 2. The molecule has 0 saturated carbocycles.